The van der Waals surface area contributed by atoms with E-state index in [0.717, 1.165) is 5.56 Å². The Morgan fingerprint density at radius 2 is 1.94 bits per heavy atom. The third-order valence-corrected chi connectivity index (χ3v) is 3.52. The van der Waals surface area contributed by atoms with Crippen molar-refractivity contribution in [3.8, 4) is 5.75 Å². The largest absolute Gasteiger partial charge is 0.542 e. The lowest BCUT2D eigenvalue weighted by Crippen LogP contribution is -1.97. The van der Waals surface area contributed by atoms with Gasteiger partial charge in [-0.2, -0.15) is 0 Å². The normalized spacial score (nSPS) is 12.6. The van der Waals surface area contributed by atoms with Crippen LogP contribution in [0.25, 0.3) is 0 Å². The van der Waals surface area contributed by atoms with E-state index < -0.39 is 5.82 Å². The number of hydrogen-bond donors (Lipinski definition) is 1. The molecule has 2 rings (SSSR count). The van der Waals surface area contributed by atoms with E-state index in [0.29, 0.717) is 8.95 Å². The lowest BCUT2D eigenvalue weighted by molar-refractivity contribution is 0.334. The molecule has 1 N–H and O–H groups in total. The van der Waals surface area contributed by atoms with Crippen molar-refractivity contribution < 1.29 is 14.0 Å². The van der Waals surface area contributed by atoms with Crippen molar-refractivity contribution in [2.24, 2.45) is 0 Å². The maximum Gasteiger partial charge on any atom is 0.542 e. The first-order chi connectivity index (χ1) is 7.99. The molecule has 0 radical (unpaired) electrons. The Labute approximate surface area is 113 Å². The summed E-state index contributed by atoms with van der Waals surface area (Å²) >= 11 is 6.45. The molecule has 1 aromatic heterocycles. The van der Waals surface area contributed by atoms with Gasteiger partial charge in [-0.3, -0.25) is 4.52 Å². The molecule has 17 heavy (non-hydrogen) atoms. The van der Waals surface area contributed by atoms with E-state index in [-0.39, 0.29) is 17.6 Å². The highest BCUT2D eigenvalue weighted by Gasteiger charge is 2.18. The van der Waals surface area contributed by atoms with Crippen LogP contribution >= 0.6 is 31.9 Å². The second-order valence-electron chi connectivity index (χ2n) is 3.43. The molecule has 90 valence electrons. The lowest BCUT2D eigenvalue weighted by atomic mass is 10.0. The maximum absolute atomic E-state index is 10.8. The molecule has 0 aliphatic heterocycles. The van der Waals surface area contributed by atoms with Crippen LogP contribution in [0.3, 0.4) is 0 Å². The van der Waals surface area contributed by atoms with Crippen LogP contribution < -0.4 is 5.82 Å². The first kappa shape index (κ1) is 12.4. The molecule has 0 saturated heterocycles. The quantitative estimate of drug-likeness (QED) is 0.886. The number of phenols is 1. The highest BCUT2D eigenvalue weighted by molar-refractivity contribution is 9.11. The lowest BCUT2D eigenvalue weighted by Gasteiger charge is -2.09. The Balaban J connectivity index is 2.44. The number of aromatic hydroxyl groups is 1. The Morgan fingerprint density at radius 1 is 1.35 bits per heavy atom. The number of hydrogen-bond acceptors (Lipinski definition) is 5. The van der Waals surface area contributed by atoms with Crippen molar-refractivity contribution in [2.75, 3.05) is 0 Å². The van der Waals surface area contributed by atoms with Crippen LogP contribution in [0, 0.1) is 0 Å². The molecule has 0 aliphatic carbocycles. The Kier molecular flexibility index (Phi) is 3.39. The van der Waals surface area contributed by atoms with Crippen molar-refractivity contribution in [1.29, 1.82) is 0 Å². The molecule has 5 nitrogen and oxygen atoms in total. The van der Waals surface area contributed by atoms with Gasteiger partial charge in [0.25, 0.3) is 0 Å². The van der Waals surface area contributed by atoms with Crippen LogP contribution in [0.15, 0.2) is 34.8 Å². The smallest absolute Gasteiger partial charge is 0.506 e. The van der Waals surface area contributed by atoms with Crippen molar-refractivity contribution in [2.45, 2.75) is 12.8 Å². The van der Waals surface area contributed by atoms with Gasteiger partial charge in [-0.15, -0.1) is 0 Å². The van der Waals surface area contributed by atoms with Gasteiger partial charge in [0.1, 0.15) is 5.75 Å². The number of benzene rings is 1. The predicted octanol–water partition coefficient (Wildman–Crippen LogP) is 3.01. The number of nitrogens with zero attached hydrogens (tertiary/aromatic N) is 1. The topological polar surface area (TPSA) is 76.5 Å². The molecule has 2 aromatic rings. The minimum Gasteiger partial charge on any atom is -0.506 e. The number of aromatic nitrogens is 1. The van der Waals surface area contributed by atoms with Gasteiger partial charge >= 0.3 is 5.82 Å². The fourth-order valence-corrected chi connectivity index (χ4v) is 2.57. The molecule has 1 atom stereocenters. The maximum atomic E-state index is 10.8. The molecule has 0 bridgehead atoms. The molecular formula is C10H7Br2NO4. The van der Waals surface area contributed by atoms with Crippen LogP contribution in [0.5, 0.6) is 5.75 Å². The van der Waals surface area contributed by atoms with E-state index in [4.69, 9.17) is 4.42 Å². The van der Waals surface area contributed by atoms with Gasteiger partial charge in [-0.25, -0.2) is 4.79 Å². The van der Waals surface area contributed by atoms with Gasteiger partial charge in [0.05, 0.1) is 14.9 Å². The summed E-state index contributed by atoms with van der Waals surface area (Å²) in [6.45, 7) is 1.81. The molecule has 7 heteroatoms. The SMILES string of the molecule is CC(c1cc(Br)c(O)c(Br)c1)c1noc(=O)o1. The van der Waals surface area contributed by atoms with E-state index in [1.807, 2.05) is 6.92 Å². The third-order valence-electron chi connectivity index (χ3n) is 2.31. The molecule has 1 aromatic carbocycles. The summed E-state index contributed by atoms with van der Waals surface area (Å²) in [6, 6.07) is 3.44. The zero-order valence-electron chi connectivity index (χ0n) is 8.61. The number of rotatable bonds is 2. The number of halogens is 2. The van der Waals surface area contributed by atoms with Gasteiger partial charge in [0, 0.05) is 0 Å². The minimum atomic E-state index is -0.830. The summed E-state index contributed by atoms with van der Waals surface area (Å²) in [5.41, 5.74) is 0.818. The van der Waals surface area contributed by atoms with Crippen molar-refractivity contribution in [1.82, 2.24) is 5.16 Å². The summed E-state index contributed by atoms with van der Waals surface area (Å²) in [6.07, 6.45) is 0. The Bertz CT molecular complexity index is 581. The second-order valence-corrected chi connectivity index (χ2v) is 5.14. The van der Waals surface area contributed by atoms with Crippen LogP contribution in [-0.2, 0) is 0 Å². The molecule has 0 spiro atoms. The van der Waals surface area contributed by atoms with Gasteiger partial charge in [0.15, 0.2) is 0 Å². The predicted molar refractivity (Wildman–Crippen MR) is 66.1 cm³/mol. The van der Waals surface area contributed by atoms with E-state index in [1.54, 1.807) is 12.1 Å². The van der Waals surface area contributed by atoms with Crippen LogP contribution in [-0.4, -0.2) is 10.3 Å². The van der Waals surface area contributed by atoms with Crippen LogP contribution in [0.1, 0.15) is 24.3 Å². The molecule has 1 heterocycles. The molecule has 1 unspecified atom stereocenters. The summed E-state index contributed by atoms with van der Waals surface area (Å²) in [5, 5.41) is 13.1. The highest BCUT2D eigenvalue weighted by atomic mass is 79.9. The van der Waals surface area contributed by atoms with Crippen LogP contribution in [0.2, 0.25) is 0 Å². The van der Waals surface area contributed by atoms with Crippen molar-refractivity contribution in [3.05, 3.63) is 43.1 Å². The van der Waals surface area contributed by atoms with Crippen molar-refractivity contribution >= 4 is 31.9 Å². The van der Waals surface area contributed by atoms with Crippen LogP contribution in [0.4, 0.5) is 0 Å². The van der Waals surface area contributed by atoms with Gasteiger partial charge in [-0.1, -0.05) is 0 Å². The van der Waals surface area contributed by atoms with Gasteiger partial charge < -0.3 is 9.52 Å². The standard InChI is InChI=1S/C10H7Br2NO4/c1-4(9-13-17-10(15)16-9)5-2-6(11)8(14)7(12)3-5/h2-4,14H,1H3. The highest BCUT2D eigenvalue weighted by Crippen LogP contribution is 2.36. The van der Waals surface area contributed by atoms with E-state index in [1.165, 1.54) is 0 Å². The zero-order valence-corrected chi connectivity index (χ0v) is 11.8. The third kappa shape index (κ3) is 2.44. The second kappa shape index (κ2) is 4.66. The summed E-state index contributed by atoms with van der Waals surface area (Å²) in [5.74, 6) is -0.777. The molecule has 0 fully saturated rings. The Hall–Kier alpha value is -1.08. The van der Waals surface area contributed by atoms with Gasteiger partial charge in [-0.05, 0) is 61.6 Å². The Morgan fingerprint density at radius 3 is 2.41 bits per heavy atom. The summed E-state index contributed by atoms with van der Waals surface area (Å²) < 4.78 is 10.2. The molecular weight excluding hydrogens is 358 g/mol. The van der Waals surface area contributed by atoms with Crippen molar-refractivity contribution in [3.63, 3.8) is 0 Å². The number of phenolic OH excluding ortho intramolecular Hbond substituents is 1. The summed E-state index contributed by atoms with van der Waals surface area (Å²) in [7, 11) is 0. The van der Waals surface area contributed by atoms with E-state index >= 15 is 0 Å². The first-order valence-corrected chi connectivity index (χ1v) is 6.22. The monoisotopic (exact) mass is 363 g/mol. The average Bonchev–Trinajstić information content (AvgIpc) is 2.71. The summed E-state index contributed by atoms with van der Waals surface area (Å²) in [4.78, 5) is 10.8. The van der Waals surface area contributed by atoms with Gasteiger partial charge in [0.2, 0.25) is 5.89 Å². The molecule has 0 aliphatic rings. The molecule has 0 amide bonds. The van der Waals surface area contributed by atoms with E-state index in [2.05, 4.69) is 41.5 Å². The first-order valence-electron chi connectivity index (χ1n) is 4.63. The minimum absolute atomic E-state index is 0.113. The fourth-order valence-electron chi connectivity index (χ4n) is 1.35. The zero-order chi connectivity index (χ0) is 12.6. The molecule has 0 saturated carbocycles. The van der Waals surface area contributed by atoms with E-state index in [9.17, 15) is 9.90 Å². The average molecular weight is 365 g/mol. The fraction of sp³-hybridized carbons (Fsp3) is 0.200.